The van der Waals surface area contributed by atoms with Crippen LogP contribution in [0, 0.1) is 0 Å². The molecule has 0 aliphatic heterocycles. The van der Waals surface area contributed by atoms with Crippen LogP contribution in [0.4, 0.5) is 0 Å². The van der Waals surface area contributed by atoms with Gasteiger partial charge in [0.25, 0.3) is 0 Å². The van der Waals surface area contributed by atoms with Crippen molar-refractivity contribution in [2.45, 2.75) is 20.4 Å². The van der Waals surface area contributed by atoms with Gasteiger partial charge in [0.05, 0.1) is 0 Å². The Morgan fingerprint density at radius 3 is 2.50 bits per heavy atom. The van der Waals surface area contributed by atoms with Crippen molar-refractivity contribution in [1.29, 1.82) is 0 Å². The molecule has 0 bridgehead atoms. The summed E-state index contributed by atoms with van der Waals surface area (Å²) >= 11 is 5.15. The van der Waals surface area contributed by atoms with Crippen LogP contribution in [0.5, 0.6) is 0 Å². The van der Waals surface area contributed by atoms with Crippen molar-refractivity contribution >= 4 is 17.3 Å². The molecule has 0 amide bonds. The van der Waals surface area contributed by atoms with Crippen molar-refractivity contribution < 1.29 is 0 Å². The molecule has 0 unspecified atom stereocenters. The predicted molar refractivity (Wildman–Crippen MR) is 73.3 cm³/mol. The van der Waals surface area contributed by atoms with E-state index in [1.54, 1.807) is 0 Å². The summed E-state index contributed by atoms with van der Waals surface area (Å²) in [4.78, 5) is 0. The van der Waals surface area contributed by atoms with Crippen LogP contribution in [0.15, 0.2) is 42.0 Å². The molecule has 0 radical (unpaired) electrons. The van der Waals surface area contributed by atoms with E-state index < -0.39 is 0 Å². The summed E-state index contributed by atoms with van der Waals surface area (Å²) in [6.07, 6.45) is 2.11. The topological polar surface area (TPSA) is 24.1 Å². The highest BCUT2D eigenvalue weighted by Crippen LogP contribution is 1.96. The molecule has 0 aliphatic rings. The minimum absolute atomic E-state index is 0.696. The van der Waals surface area contributed by atoms with E-state index in [4.69, 9.17) is 12.2 Å². The van der Waals surface area contributed by atoms with Crippen LogP contribution in [0.1, 0.15) is 19.4 Å². The molecule has 1 aromatic carbocycles. The van der Waals surface area contributed by atoms with Gasteiger partial charge in [-0.15, -0.1) is 0 Å². The molecule has 0 saturated carbocycles. The Kier molecular flexibility index (Phi) is 5.57. The maximum Gasteiger partial charge on any atom is 0.166 e. The Bertz CT molecular complexity index is 353. The highest BCUT2D eigenvalue weighted by molar-refractivity contribution is 7.80. The van der Waals surface area contributed by atoms with Crippen LogP contribution in [-0.4, -0.2) is 11.7 Å². The van der Waals surface area contributed by atoms with E-state index in [2.05, 4.69) is 42.7 Å². The summed E-state index contributed by atoms with van der Waals surface area (Å²) < 4.78 is 0. The third-order valence-electron chi connectivity index (χ3n) is 2.07. The van der Waals surface area contributed by atoms with Crippen LogP contribution in [0.25, 0.3) is 0 Å². The van der Waals surface area contributed by atoms with Gasteiger partial charge >= 0.3 is 0 Å². The number of allylic oxidation sites excluding steroid dienone is 1. The first-order chi connectivity index (χ1) is 7.68. The van der Waals surface area contributed by atoms with Crippen LogP contribution < -0.4 is 10.6 Å². The quantitative estimate of drug-likeness (QED) is 0.618. The fourth-order valence-electron chi connectivity index (χ4n) is 1.19. The zero-order valence-corrected chi connectivity index (χ0v) is 10.6. The molecule has 0 atom stereocenters. The summed E-state index contributed by atoms with van der Waals surface area (Å²) in [7, 11) is 0. The number of nitrogens with one attached hydrogen (secondary N) is 2. The monoisotopic (exact) mass is 234 g/mol. The molecule has 0 saturated heterocycles. The third-order valence-corrected chi connectivity index (χ3v) is 2.36. The molecule has 86 valence electrons. The van der Waals surface area contributed by atoms with Crippen molar-refractivity contribution in [3.63, 3.8) is 0 Å². The lowest BCUT2D eigenvalue weighted by atomic mass is 10.2. The summed E-state index contributed by atoms with van der Waals surface area (Å²) in [5.74, 6) is 0. The lowest BCUT2D eigenvalue weighted by Crippen LogP contribution is -2.34. The van der Waals surface area contributed by atoms with Gasteiger partial charge in [-0.1, -0.05) is 42.0 Å². The molecular weight excluding hydrogens is 216 g/mol. The number of hydrogen-bond donors (Lipinski definition) is 2. The van der Waals surface area contributed by atoms with E-state index in [-0.39, 0.29) is 0 Å². The molecule has 0 fully saturated rings. The molecule has 16 heavy (non-hydrogen) atoms. The van der Waals surface area contributed by atoms with Gasteiger partial charge in [0.1, 0.15) is 0 Å². The molecule has 0 aromatic heterocycles. The second-order valence-corrected chi connectivity index (χ2v) is 4.24. The van der Waals surface area contributed by atoms with Crippen LogP contribution in [-0.2, 0) is 6.54 Å². The van der Waals surface area contributed by atoms with E-state index in [0.29, 0.717) is 5.11 Å². The molecule has 2 nitrogen and oxygen atoms in total. The van der Waals surface area contributed by atoms with Crippen LogP contribution >= 0.6 is 12.2 Å². The van der Waals surface area contributed by atoms with E-state index >= 15 is 0 Å². The summed E-state index contributed by atoms with van der Waals surface area (Å²) in [5.41, 5.74) is 2.52. The minimum atomic E-state index is 0.696. The van der Waals surface area contributed by atoms with Crippen molar-refractivity contribution in [1.82, 2.24) is 10.6 Å². The molecule has 1 rings (SSSR count). The Morgan fingerprint density at radius 1 is 1.19 bits per heavy atom. The van der Waals surface area contributed by atoms with Gasteiger partial charge in [0, 0.05) is 13.1 Å². The maximum absolute atomic E-state index is 5.15. The molecule has 0 spiro atoms. The molecular formula is C13H18N2S. The van der Waals surface area contributed by atoms with Crippen LogP contribution in [0.3, 0.4) is 0 Å². The second-order valence-electron chi connectivity index (χ2n) is 3.83. The maximum atomic E-state index is 5.15. The zero-order valence-electron chi connectivity index (χ0n) is 9.79. The van der Waals surface area contributed by atoms with E-state index in [9.17, 15) is 0 Å². The predicted octanol–water partition coefficient (Wildman–Crippen LogP) is 2.62. The standard InChI is InChI=1S/C13H18N2S/c1-11(2)8-9-14-13(16)15-10-12-6-4-3-5-7-12/h3-8H,9-10H2,1-2H3,(H2,14,15,16). The van der Waals surface area contributed by atoms with Crippen LogP contribution in [0.2, 0.25) is 0 Å². The normalized spacial score (nSPS) is 9.38. The largest absolute Gasteiger partial charge is 0.359 e. The smallest absolute Gasteiger partial charge is 0.166 e. The summed E-state index contributed by atoms with van der Waals surface area (Å²) in [6, 6.07) is 10.2. The Hall–Kier alpha value is -1.35. The van der Waals surface area contributed by atoms with Gasteiger partial charge in [-0.05, 0) is 31.6 Å². The molecule has 1 aromatic rings. The molecule has 2 N–H and O–H groups in total. The fraction of sp³-hybridized carbons (Fsp3) is 0.308. The number of thiocarbonyl (C=S) groups is 1. The van der Waals surface area contributed by atoms with Crippen molar-refractivity contribution in [2.75, 3.05) is 6.54 Å². The van der Waals surface area contributed by atoms with E-state index in [1.165, 1.54) is 11.1 Å². The summed E-state index contributed by atoms with van der Waals surface area (Å²) in [6.45, 7) is 5.69. The first kappa shape index (κ1) is 12.7. The molecule has 0 aliphatic carbocycles. The van der Waals surface area contributed by atoms with Gasteiger partial charge in [-0.25, -0.2) is 0 Å². The molecule has 3 heteroatoms. The van der Waals surface area contributed by atoms with Crippen molar-refractivity contribution in [2.24, 2.45) is 0 Å². The highest BCUT2D eigenvalue weighted by atomic mass is 32.1. The zero-order chi connectivity index (χ0) is 11.8. The molecule has 0 heterocycles. The fourth-order valence-corrected chi connectivity index (χ4v) is 1.34. The summed E-state index contributed by atoms with van der Waals surface area (Å²) in [5, 5.41) is 6.99. The lowest BCUT2D eigenvalue weighted by Gasteiger charge is -2.08. The van der Waals surface area contributed by atoms with E-state index in [1.807, 2.05) is 18.2 Å². The van der Waals surface area contributed by atoms with Gasteiger partial charge in [-0.3, -0.25) is 0 Å². The first-order valence-corrected chi connectivity index (χ1v) is 5.78. The van der Waals surface area contributed by atoms with Gasteiger partial charge < -0.3 is 10.6 Å². The Morgan fingerprint density at radius 2 is 1.88 bits per heavy atom. The average Bonchev–Trinajstić information content (AvgIpc) is 2.27. The number of hydrogen-bond acceptors (Lipinski definition) is 1. The second kappa shape index (κ2) is 7.01. The highest BCUT2D eigenvalue weighted by Gasteiger charge is 1.94. The number of rotatable bonds is 4. The third kappa shape index (κ3) is 5.51. The first-order valence-electron chi connectivity index (χ1n) is 5.37. The SMILES string of the molecule is CC(C)=CCNC(=S)NCc1ccccc1. The van der Waals surface area contributed by atoms with Gasteiger partial charge in [-0.2, -0.15) is 0 Å². The Labute approximate surface area is 103 Å². The Balaban J connectivity index is 2.23. The van der Waals surface area contributed by atoms with E-state index in [0.717, 1.165) is 13.1 Å². The number of benzene rings is 1. The minimum Gasteiger partial charge on any atom is -0.359 e. The van der Waals surface area contributed by atoms with Gasteiger partial charge in [0.15, 0.2) is 5.11 Å². The van der Waals surface area contributed by atoms with Crippen molar-refractivity contribution in [3.05, 3.63) is 47.5 Å². The van der Waals surface area contributed by atoms with Crippen molar-refractivity contribution in [3.8, 4) is 0 Å². The van der Waals surface area contributed by atoms with Gasteiger partial charge in [0.2, 0.25) is 0 Å². The lowest BCUT2D eigenvalue weighted by molar-refractivity contribution is 0.871. The average molecular weight is 234 g/mol.